The van der Waals surface area contributed by atoms with Crippen LogP contribution in [0.25, 0.3) is 11.1 Å². The second kappa shape index (κ2) is 8.82. The van der Waals surface area contributed by atoms with Gasteiger partial charge in [-0.1, -0.05) is 61.8 Å². The van der Waals surface area contributed by atoms with E-state index in [2.05, 4.69) is 0 Å². The molecule has 2 aromatic rings. The maximum atomic E-state index is 12.3. The zero-order chi connectivity index (χ0) is 18.4. The number of carbonyl (C=O) groups is 2. The van der Waals surface area contributed by atoms with E-state index < -0.39 is 11.9 Å². The van der Waals surface area contributed by atoms with E-state index in [-0.39, 0.29) is 12.2 Å². The van der Waals surface area contributed by atoms with E-state index in [4.69, 9.17) is 11.6 Å². The molecule has 4 heteroatoms. The summed E-state index contributed by atoms with van der Waals surface area (Å²) in [4.78, 5) is 23.6. The molecular weight excluding hydrogens is 336 g/mol. The van der Waals surface area contributed by atoms with Gasteiger partial charge in [0.15, 0.2) is 5.78 Å². The fourth-order valence-corrected chi connectivity index (χ4v) is 2.98. The van der Waals surface area contributed by atoms with E-state index in [1.807, 2.05) is 50.2 Å². The van der Waals surface area contributed by atoms with Crippen LogP contribution in [0.1, 0.15) is 43.5 Å². The van der Waals surface area contributed by atoms with Crippen LogP contribution in [0.3, 0.4) is 0 Å². The van der Waals surface area contributed by atoms with E-state index in [9.17, 15) is 14.7 Å². The van der Waals surface area contributed by atoms with Crippen molar-refractivity contribution < 1.29 is 14.7 Å². The quantitative estimate of drug-likeness (QED) is 0.614. The first-order valence-corrected chi connectivity index (χ1v) is 8.86. The molecule has 25 heavy (non-hydrogen) atoms. The van der Waals surface area contributed by atoms with Crippen LogP contribution in [0.4, 0.5) is 0 Å². The molecule has 0 aliphatic carbocycles. The van der Waals surface area contributed by atoms with Crippen LogP contribution in [0.5, 0.6) is 0 Å². The van der Waals surface area contributed by atoms with Crippen molar-refractivity contribution >= 4 is 23.4 Å². The number of carboxylic acid groups (broad SMARTS) is 1. The molecule has 0 heterocycles. The van der Waals surface area contributed by atoms with Gasteiger partial charge in [-0.2, -0.15) is 0 Å². The number of aliphatic carboxylic acids is 1. The topological polar surface area (TPSA) is 54.4 Å². The summed E-state index contributed by atoms with van der Waals surface area (Å²) in [7, 11) is 0. The molecule has 0 bridgehead atoms. The lowest BCUT2D eigenvalue weighted by Crippen LogP contribution is -2.17. The van der Waals surface area contributed by atoms with Crippen LogP contribution in [0.15, 0.2) is 48.5 Å². The Bertz CT molecular complexity index is 718. The van der Waals surface area contributed by atoms with E-state index in [1.54, 1.807) is 12.1 Å². The second-order valence-electron chi connectivity index (χ2n) is 6.71. The zero-order valence-corrected chi connectivity index (χ0v) is 15.3. The summed E-state index contributed by atoms with van der Waals surface area (Å²) < 4.78 is 0. The van der Waals surface area contributed by atoms with Crippen LogP contribution >= 0.6 is 11.6 Å². The molecule has 1 atom stereocenters. The van der Waals surface area contributed by atoms with Crippen molar-refractivity contribution in [3.63, 3.8) is 0 Å². The maximum absolute atomic E-state index is 12.3. The molecule has 0 saturated heterocycles. The fraction of sp³-hybridized carbons (Fsp3) is 0.333. The van der Waals surface area contributed by atoms with E-state index in [0.717, 1.165) is 11.1 Å². The highest BCUT2D eigenvalue weighted by Gasteiger charge is 2.20. The van der Waals surface area contributed by atoms with Gasteiger partial charge in [0, 0.05) is 17.0 Å². The summed E-state index contributed by atoms with van der Waals surface area (Å²) in [6.45, 7) is 3.99. The van der Waals surface area contributed by atoms with E-state index in [1.165, 1.54) is 0 Å². The molecule has 0 aromatic heterocycles. The van der Waals surface area contributed by atoms with Gasteiger partial charge in [-0.3, -0.25) is 9.59 Å². The molecule has 0 amide bonds. The average molecular weight is 359 g/mol. The van der Waals surface area contributed by atoms with Crippen LogP contribution in [0, 0.1) is 11.8 Å². The van der Waals surface area contributed by atoms with E-state index >= 15 is 0 Å². The molecule has 0 radical (unpaired) electrons. The van der Waals surface area contributed by atoms with Crippen LogP contribution in [-0.4, -0.2) is 16.9 Å². The van der Waals surface area contributed by atoms with Gasteiger partial charge in [0.25, 0.3) is 0 Å². The summed E-state index contributed by atoms with van der Waals surface area (Å²) in [5, 5.41) is 9.95. The number of halogens is 1. The van der Waals surface area contributed by atoms with Gasteiger partial charge < -0.3 is 5.11 Å². The highest BCUT2D eigenvalue weighted by molar-refractivity contribution is 6.30. The summed E-state index contributed by atoms with van der Waals surface area (Å²) in [6.07, 6.45) is 1.23. The zero-order valence-electron chi connectivity index (χ0n) is 14.5. The predicted octanol–water partition coefficient (Wildman–Crippen LogP) is 5.72. The highest BCUT2D eigenvalue weighted by Crippen LogP contribution is 2.23. The molecule has 1 unspecified atom stereocenters. The minimum atomic E-state index is -0.820. The first-order chi connectivity index (χ1) is 11.9. The number of rotatable bonds is 8. The normalized spacial score (nSPS) is 12.2. The molecule has 1 N–H and O–H groups in total. The maximum Gasteiger partial charge on any atom is 0.306 e. The van der Waals surface area contributed by atoms with Crippen molar-refractivity contribution in [1.82, 2.24) is 0 Å². The van der Waals surface area contributed by atoms with Gasteiger partial charge in [-0.15, -0.1) is 0 Å². The Hall–Kier alpha value is -2.13. The van der Waals surface area contributed by atoms with Crippen molar-refractivity contribution in [2.45, 2.75) is 33.1 Å². The Labute approximate surface area is 153 Å². The van der Waals surface area contributed by atoms with Crippen LogP contribution in [-0.2, 0) is 4.79 Å². The summed E-state index contributed by atoms with van der Waals surface area (Å²) in [5.74, 6) is -0.996. The minimum absolute atomic E-state index is 0.0161. The van der Waals surface area contributed by atoms with Gasteiger partial charge in [-0.05, 0) is 42.0 Å². The number of carbonyl (C=O) groups excluding carboxylic acids is 1. The molecule has 0 spiro atoms. The SMILES string of the molecule is CC(C)CC(CCC(=O)c1ccc(-c2ccc(Cl)cc2)cc1)C(=O)O. The van der Waals surface area contributed by atoms with Crippen LogP contribution in [0.2, 0.25) is 5.02 Å². The standard InChI is InChI=1S/C21H23ClO3/c1-14(2)13-18(21(24)25)9-12-20(23)17-5-3-15(4-6-17)16-7-10-19(22)11-8-16/h3-8,10-11,14,18H,9,12-13H2,1-2H3,(H,24,25). The van der Waals surface area contributed by atoms with Gasteiger partial charge >= 0.3 is 5.97 Å². The number of carboxylic acids is 1. The van der Waals surface area contributed by atoms with Crippen LogP contribution < -0.4 is 0 Å². The largest absolute Gasteiger partial charge is 0.481 e. The number of hydrogen-bond acceptors (Lipinski definition) is 2. The van der Waals surface area contributed by atoms with Crippen molar-refractivity contribution in [3.05, 3.63) is 59.1 Å². The predicted molar refractivity (Wildman–Crippen MR) is 101 cm³/mol. The lowest BCUT2D eigenvalue weighted by molar-refractivity contribution is -0.142. The molecule has 132 valence electrons. The molecule has 2 rings (SSSR count). The van der Waals surface area contributed by atoms with Gasteiger partial charge in [0.05, 0.1) is 5.92 Å². The molecule has 3 nitrogen and oxygen atoms in total. The Morgan fingerprint density at radius 1 is 0.960 bits per heavy atom. The number of hydrogen-bond donors (Lipinski definition) is 1. The first-order valence-electron chi connectivity index (χ1n) is 8.49. The average Bonchev–Trinajstić information content (AvgIpc) is 2.58. The third-order valence-corrected chi connectivity index (χ3v) is 4.46. The molecule has 0 saturated carbocycles. The fourth-order valence-electron chi connectivity index (χ4n) is 2.85. The molecular formula is C21H23ClO3. The van der Waals surface area contributed by atoms with E-state index in [0.29, 0.717) is 29.3 Å². The van der Waals surface area contributed by atoms with Gasteiger partial charge in [0.1, 0.15) is 0 Å². The smallest absolute Gasteiger partial charge is 0.306 e. The molecule has 0 fully saturated rings. The van der Waals surface area contributed by atoms with Crippen molar-refractivity contribution in [2.75, 3.05) is 0 Å². The Morgan fingerprint density at radius 3 is 1.96 bits per heavy atom. The minimum Gasteiger partial charge on any atom is -0.481 e. The van der Waals surface area contributed by atoms with Crippen molar-refractivity contribution in [3.8, 4) is 11.1 Å². The van der Waals surface area contributed by atoms with Gasteiger partial charge in [0.2, 0.25) is 0 Å². The Kier molecular flexibility index (Phi) is 6.77. The van der Waals surface area contributed by atoms with Crippen molar-refractivity contribution in [1.29, 1.82) is 0 Å². The third-order valence-electron chi connectivity index (χ3n) is 4.21. The monoisotopic (exact) mass is 358 g/mol. The summed E-state index contributed by atoms with van der Waals surface area (Å²) in [5.41, 5.74) is 2.66. The number of benzene rings is 2. The Morgan fingerprint density at radius 2 is 1.48 bits per heavy atom. The number of ketones is 1. The lowest BCUT2D eigenvalue weighted by Gasteiger charge is -2.14. The van der Waals surface area contributed by atoms with Gasteiger partial charge in [-0.25, -0.2) is 0 Å². The summed E-state index contributed by atoms with van der Waals surface area (Å²) >= 11 is 5.89. The third kappa shape index (κ3) is 5.71. The molecule has 2 aromatic carbocycles. The Balaban J connectivity index is 2.00. The summed E-state index contributed by atoms with van der Waals surface area (Å²) in [6, 6.07) is 14.9. The molecule has 0 aliphatic rings. The second-order valence-corrected chi connectivity index (χ2v) is 7.15. The highest BCUT2D eigenvalue weighted by atomic mass is 35.5. The number of Topliss-reactive ketones (excluding diaryl/α,β-unsaturated/α-hetero) is 1. The first kappa shape index (κ1) is 19.2. The lowest BCUT2D eigenvalue weighted by atomic mass is 9.91. The molecule has 0 aliphatic heterocycles. The van der Waals surface area contributed by atoms with Crippen molar-refractivity contribution in [2.24, 2.45) is 11.8 Å².